The van der Waals surface area contributed by atoms with E-state index < -0.39 is 0 Å². The predicted molar refractivity (Wildman–Crippen MR) is 60.0 cm³/mol. The van der Waals surface area contributed by atoms with Crippen molar-refractivity contribution >= 4 is 10.8 Å². The van der Waals surface area contributed by atoms with Gasteiger partial charge >= 0.3 is 0 Å². The van der Waals surface area contributed by atoms with Crippen molar-refractivity contribution in [2.45, 2.75) is 0 Å². The zero-order valence-electron chi connectivity index (χ0n) is 8.46. The van der Waals surface area contributed by atoms with Crippen LogP contribution in [0.4, 0.5) is 0 Å². The number of nitrogens with zero attached hydrogens (tertiary/aromatic N) is 3. The second-order valence-electron chi connectivity index (χ2n) is 3.56. The predicted octanol–water partition coefficient (Wildman–Crippen LogP) is 2.36. The highest BCUT2D eigenvalue weighted by molar-refractivity contribution is 5.89. The summed E-state index contributed by atoms with van der Waals surface area (Å²) in [5.41, 5.74) is 1.17. The first-order chi connectivity index (χ1) is 7.36. The molecule has 0 radical (unpaired) electrons. The van der Waals surface area contributed by atoms with E-state index in [0.29, 0.717) is 0 Å². The fourth-order valence-corrected chi connectivity index (χ4v) is 1.83. The molecule has 0 saturated carbocycles. The van der Waals surface area contributed by atoms with Crippen molar-refractivity contribution in [3.63, 3.8) is 0 Å². The van der Waals surface area contributed by atoms with Gasteiger partial charge in [0.1, 0.15) is 6.33 Å². The molecular formula is C12H11N3. The SMILES string of the molecule is Cn1ncn1-c1cccc2ccccc12. The Balaban J connectivity index is 2.34. The van der Waals surface area contributed by atoms with E-state index in [0.717, 1.165) is 0 Å². The zero-order valence-corrected chi connectivity index (χ0v) is 8.46. The first-order valence-electron chi connectivity index (χ1n) is 4.91. The number of aryl methyl sites for hydroxylation is 1. The number of rotatable bonds is 1. The Bertz CT molecular complexity index is 599. The van der Waals surface area contributed by atoms with Crippen molar-refractivity contribution in [2.75, 3.05) is 0 Å². The van der Waals surface area contributed by atoms with Crippen LogP contribution in [-0.2, 0) is 7.05 Å². The maximum Gasteiger partial charge on any atom is 0.139 e. The van der Waals surface area contributed by atoms with Gasteiger partial charge in [-0.3, -0.25) is 0 Å². The maximum atomic E-state index is 4.07. The van der Waals surface area contributed by atoms with Gasteiger partial charge in [-0.2, -0.15) is 0 Å². The van der Waals surface area contributed by atoms with Crippen LogP contribution in [0, 0.1) is 0 Å². The Morgan fingerprint density at radius 1 is 1.00 bits per heavy atom. The molecule has 3 heteroatoms. The first-order valence-corrected chi connectivity index (χ1v) is 4.91. The largest absolute Gasteiger partial charge is 0.224 e. The van der Waals surface area contributed by atoms with Gasteiger partial charge in [-0.05, 0) is 11.5 Å². The molecule has 15 heavy (non-hydrogen) atoms. The molecule has 3 nitrogen and oxygen atoms in total. The molecule has 0 atom stereocenters. The van der Waals surface area contributed by atoms with Gasteiger partial charge in [-0.25, -0.2) is 9.48 Å². The van der Waals surface area contributed by atoms with Gasteiger partial charge in [0.05, 0.1) is 5.69 Å². The highest BCUT2D eigenvalue weighted by atomic mass is 15.6. The third kappa shape index (κ3) is 1.16. The van der Waals surface area contributed by atoms with Gasteiger partial charge in [-0.15, -0.1) is 5.10 Å². The number of hydrogen-bond donors (Lipinski definition) is 0. The molecule has 74 valence electrons. The third-order valence-corrected chi connectivity index (χ3v) is 2.65. The normalized spacial score (nSPS) is 11.0. The Kier molecular flexibility index (Phi) is 1.65. The molecule has 1 heterocycles. The highest BCUT2D eigenvalue weighted by Crippen LogP contribution is 2.21. The van der Waals surface area contributed by atoms with Crippen LogP contribution in [0.2, 0.25) is 0 Å². The van der Waals surface area contributed by atoms with Crippen molar-refractivity contribution in [3.05, 3.63) is 48.8 Å². The number of aromatic nitrogens is 3. The van der Waals surface area contributed by atoms with Crippen LogP contribution in [0.3, 0.4) is 0 Å². The van der Waals surface area contributed by atoms with Crippen LogP contribution >= 0.6 is 0 Å². The molecule has 2 aromatic carbocycles. The fraction of sp³-hybridized carbons (Fsp3) is 0.0833. The second-order valence-corrected chi connectivity index (χ2v) is 3.56. The summed E-state index contributed by atoms with van der Waals surface area (Å²) >= 11 is 0. The van der Waals surface area contributed by atoms with Crippen LogP contribution in [0.5, 0.6) is 0 Å². The molecule has 3 rings (SSSR count). The average molecular weight is 197 g/mol. The summed E-state index contributed by atoms with van der Waals surface area (Å²) in [5.74, 6) is 0. The van der Waals surface area contributed by atoms with E-state index in [1.54, 1.807) is 0 Å². The lowest BCUT2D eigenvalue weighted by molar-refractivity contribution is 0.466. The van der Waals surface area contributed by atoms with Crippen LogP contribution in [0.25, 0.3) is 16.5 Å². The van der Waals surface area contributed by atoms with E-state index in [4.69, 9.17) is 0 Å². The van der Waals surface area contributed by atoms with Crippen molar-refractivity contribution < 1.29 is 0 Å². The molecule has 0 fully saturated rings. The minimum Gasteiger partial charge on any atom is -0.224 e. The molecule has 3 aromatic rings. The summed E-state index contributed by atoms with van der Waals surface area (Å²) in [6.45, 7) is 0. The van der Waals surface area contributed by atoms with Crippen molar-refractivity contribution in [3.8, 4) is 5.69 Å². The molecular weight excluding hydrogens is 186 g/mol. The Morgan fingerprint density at radius 3 is 2.53 bits per heavy atom. The lowest BCUT2D eigenvalue weighted by Crippen LogP contribution is -2.19. The first kappa shape index (κ1) is 8.29. The van der Waals surface area contributed by atoms with Crippen LogP contribution in [0.15, 0.2) is 48.8 Å². The van der Waals surface area contributed by atoms with E-state index in [-0.39, 0.29) is 0 Å². The molecule has 0 aliphatic rings. The fourth-order valence-electron chi connectivity index (χ4n) is 1.83. The lowest BCUT2D eigenvalue weighted by Gasteiger charge is -2.16. The van der Waals surface area contributed by atoms with E-state index in [1.165, 1.54) is 16.5 Å². The quantitative estimate of drug-likeness (QED) is 0.587. The second kappa shape index (κ2) is 2.98. The minimum atomic E-state index is 1.17. The van der Waals surface area contributed by atoms with Gasteiger partial charge in [-0.1, -0.05) is 36.4 Å². The maximum absolute atomic E-state index is 4.07. The summed E-state index contributed by atoms with van der Waals surface area (Å²) < 4.78 is 2.03. The Labute approximate surface area is 87.5 Å². The summed E-state index contributed by atoms with van der Waals surface area (Å²) in [6, 6.07) is 14.7. The monoisotopic (exact) mass is 197 g/mol. The molecule has 0 amide bonds. The number of fused-ring (bicyclic) bond motifs is 1. The minimum absolute atomic E-state index is 1.17. The van der Waals surface area contributed by atoms with E-state index in [9.17, 15) is 0 Å². The molecule has 1 aromatic heterocycles. The molecule has 0 unspecified atom stereocenters. The highest BCUT2D eigenvalue weighted by Gasteiger charge is 2.05. The van der Waals surface area contributed by atoms with Gasteiger partial charge in [0.25, 0.3) is 0 Å². The Hall–Kier alpha value is -2.03. The van der Waals surface area contributed by atoms with Crippen molar-refractivity contribution in [1.82, 2.24) is 14.6 Å². The number of hydrogen-bond acceptors (Lipinski definition) is 1. The molecule has 0 saturated heterocycles. The molecule has 0 aliphatic heterocycles. The smallest absolute Gasteiger partial charge is 0.139 e. The zero-order chi connectivity index (χ0) is 10.3. The Morgan fingerprint density at radius 2 is 1.80 bits per heavy atom. The summed E-state index contributed by atoms with van der Waals surface area (Å²) in [6.07, 6.45) is 1.82. The topological polar surface area (TPSA) is 22.8 Å². The molecule has 0 N–H and O–H groups in total. The molecule has 0 spiro atoms. The summed E-state index contributed by atoms with van der Waals surface area (Å²) in [5, 5.41) is 6.57. The van der Waals surface area contributed by atoms with Gasteiger partial charge in [0.15, 0.2) is 0 Å². The average Bonchev–Trinajstić information content (AvgIpc) is 2.28. The summed E-state index contributed by atoms with van der Waals surface area (Å²) in [7, 11) is 1.93. The third-order valence-electron chi connectivity index (χ3n) is 2.65. The van der Waals surface area contributed by atoms with Crippen LogP contribution < -0.4 is 0 Å². The molecule has 0 bridgehead atoms. The van der Waals surface area contributed by atoms with Crippen molar-refractivity contribution in [2.24, 2.45) is 7.05 Å². The van der Waals surface area contributed by atoms with E-state index in [2.05, 4.69) is 47.6 Å². The van der Waals surface area contributed by atoms with Gasteiger partial charge in [0.2, 0.25) is 0 Å². The van der Waals surface area contributed by atoms with Crippen molar-refractivity contribution in [1.29, 1.82) is 0 Å². The van der Waals surface area contributed by atoms with E-state index >= 15 is 0 Å². The van der Waals surface area contributed by atoms with Crippen LogP contribution in [-0.4, -0.2) is 14.6 Å². The number of benzene rings is 2. The molecule has 0 aliphatic carbocycles. The standard InChI is InChI=1S/C12H11N3/c1-14-13-9-15(14)12-8-4-6-10-5-2-3-7-11(10)12/h2-9H,1H3. The summed E-state index contributed by atoms with van der Waals surface area (Å²) in [4.78, 5) is 1.82. The van der Waals surface area contributed by atoms with E-state index in [1.807, 2.05) is 22.9 Å². The van der Waals surface area contributed by atoms with Crippen LogP contribution in [0.1, 0.15) is 0 Å². The van der Waals surface area contributed by atoms with Gasteiger partial charge in [0, 0.05) is 12.4 Å². The lowest BCUT2D eigenvalue weighted by atomic mass is 10.1. The van der Waals surface area contributed by atoms with Gasteiger partial charge < -0.3 is 0 Å².